The summed E-state index contributed by atoms with van der Waals surface area (Å²) in [5.74, 6) is 2.07. The fourth-order valence-electron chi connectivity index (χ4n) is 2.07. The van der Waals surface area contributed by atoms with Gasteiger partial charge < -0.3 is 5.32 Å². The lowest BCUT2D eigenvalue weighted by molar-refractivity contribution is -0.128. The lowest BCUT2D eigenvalue weighted by Gasteiger charge is -2.22. The second kappa shape index (κ2) is 5.20. The van der Waals surface area contributed by atoms with Crippen LogP contribution in [0.15, 0.2) is 0 Å². The van der Waals surface area contributed by atoms with Crippen molar-refractivity contribution in [3.8, 4) is 0 Å². The van der Waals surface area contributed by atoms with E-state index in [1.807, 2.05) is 20.8 Å². The van der Waals surface area contributed by atoms with Crippen LogP contribution in [0.2, 0.25) is 0 Å². The molecule has 1 amide bonds. The lowest BCUT2D eigenvalue weighted by Crippen LogP contribution is -2.38. The van der Waals surface area contributed by atoms with E-state index in [0.717, 1.165) is 12.4 Å². The van der Waals surface area contributed by atoms with Crippen molar-refractivity contribution in [2.75, 3.05) is 12.4 Å². The number of amides is 1. The molecule has 1 fully saturated rings. The molecule has 0 saturated heterocycles. The minimum Gasteiger partial charge on any atom is -0.355 e. The number of hydrogen-bond donors (Lipinski definition) is 1. The molecule has 3 heteroatoms. The molecule has 2 nitrogen and oxygen atoms in total. The molecule has 2 atom stereocenters. The minimum absolute atomic E-state index is 0.141. The maximum atomic E-state index is 11.7. The van der Waals surface area contributed by atoms with Gasteiger partial charge in [0.25, 0.3) is 0 Å². The van der Waals surface area contributed by atoms with Crippen LogP contribution >= 0.6 is 11.6 Å². The zero-order valence-electron chi connectivity index (χ0n) is 9.98. The first-order chi connectivity index (χ1) is 6.95. The fraction of sp³-hybridized carbons (Fsp3) is 0.917. The summed E-state index contributed by atoms with van der Waals surface area (Å²) in [5.41, 5.74) is -0.283. The van der Waals surface area contributed by atoms with Gasteiger partial charge >= 0.3 is 0 Å². The van der Waals surface area contributed by atoms with Crippen LogP contribution in [0.3, 0.4) is 0 Å². The molecule has 0 heterocycles. The maximum absolute atomic E-state index is 11.7. The van der Waals surface area contributed by atoms with Crippen LogP contribution in [0.1, 0.15) is 40.0 Å². The molecule has 2 unspecified atom stereocenters. The summed E-state index contributed by atoms with van der Waals surface area (Å²) in [7, 11) is 0. The zero-order valence-corrected chi connectivity index (χ0v) is 10.7. The standard InChI is InChI=1S/C12H22ClNO/c1-12(2,3)11(15)14-8-10-6-4-5-9(10)7-13/h9-10H,4-8H2,1-3H3,(H,14,15). The van der Waals surface area contributed by atoms with E-state index in [2.05, 4.69) is 5.32 Å². The van der Waals surface area contributed by atoms with Crippen molar-refractivity contribution in [1.29, 1.82) is 0 Å². The van der Waals surface area contributed by atoms with E-state index in [1.165, 1.54) is 19.3 Å². The molecule has 0 aromatic heterocycles. The average molecular weight is 232 g/mol. The molecule has 0 aliphatic heterocycles. The van der Waals surface area contributed by atoms with Gasteiger partial charge in [-0.3, -0.25) is 4.79 Å². The predicted octanol–water partition coefficient (Wildman–Crippen LogP) is 2.80. The van der Waals surface area contributed by atoms with Gasteiger partial charge in [0.1, 0.15) is 0 Å². The molecule has 0 aromatic carbocycles. The van der Waals surface area contributed by atoms with Crippen molar-refractivity contribution >= 4 is 17.5 Å². The topological polar surface area (TPSA) is 29.1 Å². The smallest absolute Gasteiger partial charge is 0.225 e. The van der Waals surface area contributed by atoms with Crippen LogP contribution in [0, 0.1) is 17.3 Å². The minimum atomic E-state index is -0.283. The van der Waals surface area contributed by atoms with Crippen molar-refractivity contribution in [3.05, 3.63) is 0 Å². The molecule has 0 aromatic rings. The predicted molar refractivity (Wildman–Crippen MR) is 64.0 cm³/mol. The highest BCUT2D eigenvalue weighted by Crippen LogP contribution is 2.32. The first-order valence-corrected chi connectivity index (χ1v) is 6.33. The lowest BCUT2D eigenvalue weighted by atomic mass is 9.94. The molecule has 0 spiro atoms. The molecule has 1 rings (SSSR count). The van der Waals surface area contributed by atoms with Crippen LogP contribution in [0.5, 0.6) is 0 Å². The number of halogens is 1. The van der Waals surface area contributed by atoms with Gasteiger partial charge in [-0.25, -0.2) is 0 Å². The van der Waals surface area contributed by atoms with Crippen LogP contribution in [0.25, 0.3) is 0 Å². The Balaban J connectivity index is 2.34. The van der Waals surface area contributed by atoms with Gasteiger partial charge in [0, 0.05) is 17.8 Å². The third-order valence-corrected chi connectivity index (χ3v) is 3.62. The Morgan fingerprint density at radius 2 is 1.93 bits per heavy atom. The largest absolute Gasteiger partial charge is 0.355 e. The molecule has 1 aliphatic rings. The summed E-state index contributed by atoms with van der Waals surface area (Å²) < 4.78 is 0. The third kappa shape index (κ3) is 3.67. The summed E-state index contributed by atoms with van der Waals surface area (Å²) in [4.78, 5) is 11.7. The Morgan fingerprint density at radius 3 is 2.47 bits per heavy atom. The van der Waals surface area contributed by atoms with Gasteiger partial charge in [-0.15, -0.1) is 11.6 Å². The summed E-state index contributed by atoms with van der Waals surface area (Å²) in [5, 5.41) is 3.03. The van der Waals surface area contributed by atoms with E-state index in [9.17, 15) is 4.79 Å². The summed E-state index contributed by atoms with van der Waals surface area (Å²) in [6.45, 7) is 6.62. The monoisotopic (exact) mass is 231 g/mol. The van der Waals surface area contributed by atoms with Crippen LogP contribution in [-0.4, -0.2) is 18.3 Å². The van der Waals surface area contributed by atoms with Crippen molar-refractivity contribution < 1.29 is 4.79 Å². The summed E-state index contributed by atoms with van der Waals surface area (Å²) in [6.07, 6.45) is 3.69. The number of hydrogen-bond acceptors (Lipinski definition) is 1. The first kappa shape index (κ1) is 12.8. The number of alkyl halides is 1. The molecule has 1 saturated carbocycles. The van der Waals surface area contributed by atoms with Crippen molar-refractivity contribution in [3.63, 3.8) is 0 Å². The molecule has 1 aliphatic carbocycles. The van der Waals surface area contributed by atoms with E-state index < -0.39 is 0 Å². The van der Waals surface area contributed by atoms with E-state index in [1.54, 1.807) is 0 Å². The average Bonchev–Trinajstić information content (AvgIpc) is 2.59. The summed E-state index contributed by atoms with van der Waals surface area (Å²) >= 11 is 5.90. The number of rotatable bonds is 3. The van der Waals surface area contributed by atoms with Crippen LogP contribution in [-0.2, 0) is 4.79 Å². The van der Waals surface area contributed by atoms with Crippen molar-refractivity contribution in [1.82, 2.24) is 5.32 Å². The van der Waals surface area contributed by atoms with Gasteiger partial charge in [0.15, 0.2) is 0 Å². The van der Waals surface area contributed by atoms with Crippen molar-refractivity contribution in [2.24, 2.45) is 17.3 Å². The normalized spacial score (nSPS) is 26.7. The highest BCUT2D eigenvalue weighted by atomic mass is 35.5. The van der Waals surface area contributed by atoms with Crippen LogP contribution in [0.4, 0.5) is 0 Å². The van der Waals surface area contributed by atoms with E-state index in [4.69, 9.17) is 11.6 Å². The molecule has 0 bridgehead atoms. The number of carbonyl (C=O) groups is 1. The second-order valence-corrected chi connectivity index (χ2v) is 5.87. The maximum Gasteiger partial charge on any atom is 0.225 e. The highest BCUT2D eigenvalue weighted by Gasteiger charge is 2.28. The number of nitrogens with one attached hydrogen (secondary N) is 1. The Bertz CT molecular complexity index is 222. The van der Waals surface area contributed by atoms with Crippen LogP contribution < -0.4 is 5.32 Å². The molecule has 1 N–H and O–H groups in total. The molecule has 0 radical (unpaired) electrons. The number of carbonyl (C=O) groups excluding carboxylic acids is 1. The Kier molecular flexibility index (Phi) is 4.45. The molecule has 88 valence electrons. The molecular weight excluding hydrogens is 210 g/mol. The summed E-state index contributed by atoms with van der Waals surface area (Å²) in [6, 6.07) is 0. The Morgan fingerprint density at radius 1 is 1.33 bits per heavy atom. The van der Waals surface area contributed by atoms with Gasteiger partial charge in [-0.05, 0) is 24.7 Å². The fourth-order valence-corrected chi connectivity index (χ4v) is 2.48. The van der Waals surface area contributed by atoms with Gasteiger partial charge in [0.2, 0.25) is 5.91 Å². The van der Waals surface area contributed by atoms with E-state index >= 15 is 0 Å². The van der Waals surface area contributed by atoms with Gasteiger partial charge in [-0.2, -0.15) is 0 Å². The van der Waals surface area contributed by atoms with E-state index in [0.29, 0.717) is 11.8 Å². The highest BCUT2D eigenvalue weighted by molar-refractivity contribution is 6.18. The van der Waals surface area contributed by atoms with Crippen molar-refractivity contribution in [2.45, 2.75) is 40.0 Å². The Labute approximate surface area is 97.8 Å². The quantitative estimate of drug-likeness (QED) is 0.744. The zero-order chi connectivity index (χ0) is 11.5. The second-order valence-electron chi connectivity index (χ2n) is 5.57. The molecular formula is C12H22ClNO. The third-order valence-electron chi connectivity index (χ3n) is 3.22. The van der Waals surface area contributed by atoms with Gasteiger partial charge in [-0.1, -0.05) is 27.2 Å². The SMILES string of the molecule is CC(C)(C)C(=O)NCC1CCCC1CCl. The molecule has 15 heavy (non-hydrogen) atoms. The Hall–Kier alpha value is -0.240. The van der Waals surface area contributed by atoms with Gasteiger partial charge in [0.05, 0.1) is 0 Å². The van der Waals surface area contributed by atoms with E-state index in [-0.39, 0.29) is 11.3 Å². The first-order valence-electron chi connectivity index (χ1n) is 5.79.